The average Bonchev–Trinajstić information content (AvgIpc) is 2.68. The fraction of sp³-hybridized carbons (Fsp3) is 0.259. The molecule has 0 saturated heterocycles. The van der Waals surface area contributed by atoms with E-state index in [1.807, 2.05) is 13.0 Å². The summed E-state index contributed by atoms with van der Waals surface area (Å²) in [5.41, 5.74) is 9.30. The van der Waals surface area contributed by atoms with Crippen LogP contribution in [-0.2, 0) is 0 Å². The van der Waals surface area contributed by atoms with Gasteiger partial charge < -0.3 is 0 Å². The molecule has 0 nitrogen and oxygen atoms in total. The highest BCUT2D eigenvalue weighted by atomic mass is 19.1. The predicted molar refractivity (Wildman–Crippen MR) is 117 cm³/mol. The van der Waals surface area contributed by atoms with Crippen molar-refractivity contribution in [3.8, 4) is 0 Å². The molecule has 2 aromatic carbocycles. The third-order valence-corrected chi connectivity index (χ3v) is 6.66. The molecular weight excluding hydrogens is 343 g/mol. The van der Waals surface area contributed by atoms with Crippen LogP contribution in [0.1, 0.15) is 54.9 Å². The zero-order valence-electron chi connectivity index (χ0n) is 16.7. The van der Waals surface area contributed by atoms with Crippen LogP contribution in [0.2, 0.25) is 0 Å². The number of fused-ring (bicyclic) bond motifs is 4. The van der Waals surface area contributed by atoms with E-state index in [9.17, 15) is 4.39 Å². The Morgan fingerprint density at radius 1 is 1.04 bits per heavy atom. The van der Waals surface area contributed by atoms with E-state index in [2.05, 4.69) is 56.4 Å². The number of benzene rings is 2. The van der Waals surface area contributed by atoms with Crippen molar-refractivity contribution in [1.82, 2.24) is 0 Å². The van der Waals surface area contributed by atoms with E-state index >= 15 is 0 Å². The SMILES string of the molecule is CC1=Cc2ccc3c(c2=CC1C)=CCC1=C3C=CC(c2ccc(F)cc2C)C1. The summed E-state index contributed by atoms with van der Waals surface area (Å²) >= 11 is 0. The Labute approximate surface area is 166 Å². The minimum absolute atomic E-state index is 0.152. The van der Waals surface area contributed by atoms with Gasteiger partial charge in [0.2, 0.25) is 0 Å². The molecule has 2 aromatic rings. The Morgan fingerprint density at radius 2 is 1.89 bits per heavy atom. The van der Waals surface area contributed by atoms with Crippen molar-refractivity contribution in [3.05, 3.63) is 92.1 Å². The van der Waals surface area contributed by atoms with Gasteiger partial charge in [0.25, 0.3) is 0 Å². The number of rotatable bonds is 1. The molecule has 0 aromatic heterocycles. The van der Waals surface area contributed by atoms with Gasteiger partial charge in [0.1, 0.15) is 5.82 Å². The molecule has 2 unspecified atom stereocenters. The Kier molecular flexibility index (Phi) is 4.01. The number of aryl methyl sites for hydroxylation is 1. The van der Waals surface area contributed by atoms with Crippen LogP contribution in [0.25, 0.3) is 23.8 Å². The van der Waals surface area contributed by atoms with E-state index in [-0.39, 0.29) is 5.82 Å². The molecule has 3 aliphatic rings. The highest BCUT2D eigenvalue weighted by Crippen LogP contribution is 2.38. The fourth-order valence-electron chi connectivity index (χ4n) is 4.92. The Morgan fingerprint density at radius 3 is 2.71 bits per heavy atom. The Hall–Kier alpha value is -2.67. The smallest absolute Gasteiger partial charge is 0.123 e. The third kappa shape index (κ3) is 2.73. The molecule has 5 rings (SSSR count). The van der Waals surface area contributed by atoms with Gasteiger partial charge in [-0.1, -0.05) is 66.6 Å². The van der Waals surface area contributed by atoms with Gasteiger partial charge >= 0.3 is 0 Å². The first-order valence-corrected chi connectivity index (χ1v) is 10.2. The monoisotopic (exact) mass is 368 g/mol. The first kappa shape index (κ1) is 17.4. The molecule has 0 heterocycles. The maximum Gasteiger partial charge on any atom is 0.123 e. The van der Waals surface area contributed by atoms with Crippen molar-refractivity contribution >= 4 is 23.8 Å². The van der Waals surface area contributed by atoms with E-state index in [0.717, 1.165) is 18.4 Å². The van der Waals surface area contributed by atoms with Crippen LogP contribution in [0.15, 0.2) is 53.6 Å². The molecule has 0 spiro atoms. The van der Waals surface area contributed by atoms with Crippen LogP contribution in [0, 0.1) is 18.7 Å². The van der Waals surface area contributed by atoms with Gasteiger partial charge in [0.05, 0.1) is 0 Å². The molecule has 28 heavy (non-hydrogen) atoms. The lowest BCUT2D eigenvalue weighted by Gasteiger charge is -2.27. The van der Waals surface area contributed by atoms with E-state index in [1.165, 1.54) is 43.8 Å². The quantitative estimate of drug-likeness (QED) is 0.610. The summed E-state index contributed by atoms with van der Waals surface area (Å²) in [7, 11) is 0. The number of halogens is 1. The summed E-state index contributed by atoms with van der Waals surface area (Å²) < 4.78 is 13.5. The van der Waals surface area contributed by atoms with Crippen molar-refractivity contribution in [2.24, 2.45) is 5.92 Å². The lowest BCUT2D eigenvalue weighted by molar-refractivity contribution is 0.624. The van der Waals surface area contributed by atoms with E-state index < -0.39 is 0 Å². The lowest BCUT2D eigenvalue weighted by atomic mass is 9.77. The predicted octanol–water partition coefficient (Wildman–Crippen LogP) is 5.65. The van der Waals surface area contributed by atoms with Gasteiger partial charge in [0, 0.05) is 5.92 Å². The van der Waals surface area contributed by atoms with Gasteiger partial charge in [-0.15, -0.1) is 0 Å². The fourth-order valence-corrected chi connectivity index (χ4v) is 4.92. The van der Waals surface area contributed by atoms with Gasteiger partial charge in [-0.05, 0) is 83.0 Å². The van der Waals surface area contributed by atoms with E-state index in [1.54, 1.807) is 12.1 Å². The second-order valence-electron chi connectivity index (χ2n) is 8.47. The van der Waals surface area contributed by atoms with Crippen LogP contribution >= 0.6 is 0 Å². The standard InChI is InChI=1S/C27H25F/c1-16-12-19-5-9-25-24-8-4-20(23-11-7-22(28)13-18(23)3)15-21(24)6-10-26(25)27(19)14-17(16)2/h4-5,7-14,17,20H,6,15H2,1-3H3. The van der Waals surface area contributed by atoms with Gasteiger partial charge in [-0.2, -0.15) is 0 Å². The van der Waals surface area contributed by atoms with Crippen molar-refractivity contribution < 1.29 is 4.39 Å². The molecule has 0 fully saturated rings. The third-order valence-electron chi connectivity index (χ3n) is 6.66. The van der Waals surface area contributed by atoms with Crippen LogP contribution in [-0.4, -0.2) is 0 Å². The molecule has 0 radical (unpaired) electrons. The minimum Gasteiger partial charge on any atom is -0.207 e. The largest absolute Gasteiger partial charge is 0.207 e. The molecular formula is C27H25F. The Balaban J connectivity index is 1.56. The van der Waals surface area contributed by atoms with Gasteiger partial charge in [0.15, 0.2) is 0 Å². The first-order valence-electron chi connectivity index (χ1n) is 10.2. The van der Waals surface area contributed by atoms with Crippen LogP contribution in [0.5, 0.6) is 0 Å². The normalized spacial score (nSPS) is 22.5. The molecule has 0 saturated carbocycles. The zero-order valence-corrected chi connectivity index (χ0v) is 16.7. The van der Waals surface area contributed by atoms with E-state index in [4.69, 9.17) is 0 Å². The summed E-state index contributed by atoms with van der Waals surface area (Å²) in [6.07, 6.45) is 13.8. The molecule has 0 N–H and O–H groups in total. The zero-order chi connectivity index (χ0) is 19.4. The van der Waals surface area contributed by atoms with Gasteiger partial charge in [-0.3, -0.25) is 0 Å². The van der Waals surface area contributed by atoms with Crippen LogP contribution in [0.3, 0.4) is 0 Å². The number of hydrogen-bond donors (Lipinski definition) is 0. The van der Waals surface area contributed by atoms with Crippen molar-refractivity contribution in [2.45, 2.75) is 39.5 Å². The second kappa shape index (κ2) is 6.44. The summed E-state index contributed by atoms with van der Waals surface area (Å²) in [6.45, 7) is 6.50. The molecule has 0 aliphatic heterocycles. The summed E-state index contributed by atoms with van der Waals surface area (Å²) in [5.74, 6) is 0.681. The number of allylic oxidation sites excluding steroid dienone is 5. The molecule has 140 valence electrons. The van der Waals surface area contributed by atoms with Gasteiger partial charge in [-0.25, -0.2) is 4.39 Å². The minimum atomic E-state index is -0.152. The topological polar surface area (TPSA) is 0 Å². The summed E-state index contributed by atoms with van der Waals surface area (Å²) in [4.78, 5) is 0. The molecule has 1 heteroatoms. The molecule has 3 aliphatic carbocycles. The van der Waals surface area contributed by atoms with Crippen molar-refractivity contribution in [2.75, 3.05) is 0 Å². The highest BCUT2D eigenvalue weighted by molar-refractivity contribution is 5.83. The Bertz CT molecular complexity index is 1200. The van der Waals surface area contributed by atoms with Crippen LogP contribution in [0.4, 0.5) is 4.39 Å². The second-order valence-corrected chi connectivity index (χ2v) is 8.47. The maximum absolute atomic E-state index is 13.5. The van der Waals surface area contributed by atoms with Crippen LogP contribution < -0.4 is 10.4 Å². The maximum atomic E-state index is 13.5. The van der Waals surface area contributed by atoms with Crippen molar-refractivity contribution in [1.29, 1.82) is 0 Å². The first-order chi connectivity index (χ1) is 13.5. The van der Waals surface area contributed by atoms with Crippen molar-refractivity contribution in [3.63, 3.8) is 0 Å². The van der Waals surface area contributed by atoms with E-state index in [0.29, 0.717) is 11.8 Å². The summed E-state index contributed by atoms with van der Waals surface area (Å²) in [5, 5.41) is 2.79. The summed E-state index contributed by atoms with van der Waals surface area (Å²) in [6, 6.07) is 9.75. The lowest BCUT2D eigenvalue weighted by Crippen LogP contribution is -2.34. The highest BCUT2D eigenvalue weighted by Gasteiger charge is 2.23. The average molecular weight is 368 g/mol. The molecule has 0 amide bonds. The molecule has 0 bridgehead atoms. The number of hydrogen-bond acceptors (Lipinski definition) is 0. The molecule has 2 atom stereocenters.